The number of ketones is 1. The van der Waals surface area contributed by atoms with Gasteiger partial charge < -0.3 is 119 Å². The van der Waals surface area contributed by atoms with Gasteiger partial charge in [0.05, 0.1) is 42.7 Å². The number of rotatable bonds is 18. The van der Waals surface area contributed by atoms with Gasteiger partial charge in [-0.3, -0.25) is 9.35 Å². The van der Waals surface area contributed by atoms with Crippen molar-refractivity contribution in [3.05, 3.63) is 11.6 Å². The maximum atomic E-state index is 13.6. The van der Waals surface area contributed by atoms with E-state index in [1.807, 2.05) is 27.7 Å². The summed E-state index contributed by atoms with van der Waals surface area (Å²) in [6.07, 6.45) is -40.5. The molecule has 5 heterocycles. The zero-order valence-corrected chi connectivity index (χ0v) is 52.1. The highest BCUT2D eigenvalue weighted by Crippen LogP contribution is 2.67. The second kappa shape index (κ2) is 26.5. The molecular formula is C58H96O29S. The summed E-state index contributed by atoms with van der Waals surface area (Å²) >= 11 is 0. The molecule has 29 nitrogen and oxygen atoms in total. The highest BCUT2D eigenvalue weighted by atomic mass is 32.3. The molecule has 0 aromatic rings. The third-order valence-corrected chi connectivity index (χ3v) is 22.1. The fourth-order valence-electron chi connectivity index (χ4n) is 16.0. The van der Waals surface area contributed by atoms with Gasteiger partial charge in [0.2, 0.25) is 5.79 Å². The Kier molecular flexibility index (Phi) is 21.3. The van der Waals surface area contributed by atoms with Gasteiger partial charge in [-0.2, -0.15) is 8.42 Å². The third kappa shape index (κ3) is 13.4. The Morgan fingerprint density at radius 2 is 1.19 bits per heavy atom. The topological polar surface area (TPSA) is 456 Å². The predicted octanol–water partition coefficient (Wildman–Crippen LogP) is -2.72. The Morgan fingerprint density at radius 1 is 0.648 bits per heavy atom. The smallest absolute Gasteiger partial charge is 0.394 e. The lowest BCUT2D eigenvalue weighted by molar-refractivity contribution is -0.432. The van der Waals surface area contributed by atoms with Crippen LogP contribution < -0.4 is 0 Å². The molecule has 0 radical (unpaired) electrons. The number of carbonyl (C=O) groups excluding carboxylic acids is 1. The quantitative estimate of drug-likeness (QED) is 0.0377. The molecule has 5 saturated heterocycles. The predicted molar refractivity (Wildman–Crippen MR) is 296 cm³/mol. The first-order chi connectivity index (χ1) is 40.9. The van der Waals surface area contributed by atoms with Crippen LogP contribution >= 0.6 is 0 Å². The minimum Gasteiger partial charge on any atom is -0.394 e. The standard InChI is InChI=1S/C58H96O29S/c1-21(2)22(3)32(60)19-57(10,71)35-12-11-29-28-18-33(31-17-27(87-88(74,75)76)13-15-55(31,8)30(28)14-16-56(29,35)9)81-52-45(70)49(58(72,73)26(7)80-52)86-53-48(85-51-43(68)40(65)37(62)24(5)78-51)44(69)46(25(6)79-53)83-54-47(41(66)38(63)34(20-59)82-54)84-50-42(67)39(64)36(61)23(4)77-50/h14,21-29,31,33-54,59,61-73H,11-13,15-20H2,1-10H3,(H,74,75,76)/t22-,23+,24+,25+,26+,27-,28-,29-,31+,33-,34+,35-,36-,37+,38-,39-,40-,41-,42+,43+,44-,45+,46+,47+,48+,49+,50-,51-,52-,53-,54-,55+,56-,57-/m0/s1. The fraction of sp³-hybridized carbons (Fsp3) is 0.948. The lowest BCUT2D eigenvalue weighted by Gasteiger charge is -2.60. The average Bonchev–Trinajstić information content (AvgIpc) is 1.79. The van der Waals surface area contributed by atoms with Crippen LogP contribution in [-0.4, -0.2) is 268 Å². The van der Waals surface area contributed by atoms with Gasteiger partial charge in [-0.25, -0.2) is 4.18 Å². The number of aliphatic hydroxyl groups is 14. The van der Waals surface area contributed by atoms with Crippen LogP contribution in [0.25, 0.3) is 0 Å². The SMILES string of the molecule is CC(C)[C@H](C)C(=O)C[C@](C)(O)[C@H]1CC[C@H]2[C@@H]3C[C@H](O[C@@H]4O[C@H](C)C(O)(O)[C@H](O[C@@H]5O[C@H](C)[C@@H](O[C@@H]6O[C@H](CO)[C@H](O)[C@H](O)[C@H]6O[C@@H]6O[C@H](C)[C@H](O)[C@H](O)[C@H]6O)[C@H](O)[C@H]5O[C@@H]5O[C@H](C)[C@@H](O)[C@H](O)[C@H]5O)[C@H]4O)[C@H]4C[C@@H](OS(=O)(=O)O)CC[C@]4(C)C3=CC[C@@]21C. The Labute approximate surface area is 511 Å². The molecule has 9 aliphatic rings. The molecule has 15 N–H and O–H groups in total. The van der Waals surface area contributed by atoms with Gasteiger partial charge in [0, 0.05) is 12.3 Å². The normalized spacial score (nSPS) is 50.9. The Hall–Kier alpha value is -1.68. The number of aliphatic hydroxyl groups excluding tert-OH is 11. The fourth-order valence-corrected chi connectivity index (χ4v) is 16.5. The second-order valence-electron chi connectivity index (χ2n) is 27.6. The second-order valence-corrected chi connectivity index (χ2v) is 28.7. The van der Waals surface area contributed by atoms with Crippen molar-refractivity contribution in [2.75, 3.05) is 6.61 Å². The van der Waals surface area contributed by atoms with Crippen molar-refractivity contribution < 1.29 is 141 Å². The number of hydrogen-bond donors (Lipinski definition) is 15. The maximum absolute atomic E-state index is 13.6. The Bertz CT molecular complexity index is 2540. The molecule has 34 atom stereocenters. The van der Waals surface area contributed by atoms with Crippen LogP contribution in [0.2, 0.25) is 0 Å². The summed E-state index contributed by atoms with van der Waals surface area (Å²) in [5, 5.41) is 158. The number of hydrogen-bond acceptors (Lipinski definition) is 28. The molecule has 88 heavy (non-hydrogen) atoms. The Balaban J connectivity index is 1.01. The number of ether oxygens (including phenoxy) is 10. The molecule has 5 aliphatic heterocycles. The highest BCUT2D eigenvalue weighted by molar-refractivity contribution is 7.80. The van der Waals surface area contributed by atoms with Crippen molar-refractivity contribution >= 4 is 16.2 Å². The van der Waals surface area contributed by atoms with Gasteiger partial charge >= 0.3 is 10.4 Å². The molecule has 8 fully saturated rings. The van der Waals surface area contributed by atoms with E-state index in [2.05, 4.69) is 13.0 Å². The zero-order valence-electron chi connectivity index (χ0n) is 51.2. The molecule has 0 amide bonds. The van der Waals surface area contributed by atoms with Crippen LogP contribution in [0.1, 0.15) is 121 Å². The van der Waals surface area contributed by atoms with Crippen molar-refractivity contribution in [3.63, 3.8) is 0 Å². The zero-order chi connectivity index (χ0) is 65.0. The van der Waals surface area contributed by atoms with E-state index in [1.165, 1.54) is 27.7 Å². The molecule has 0 aromatic heterocycles. The third-order valence-electron chi connectivity index (χ3n) is 21.6. The molecule has 9 rings (SSSR count). The molecule has 3 saturated carbocycles. The van der Waals surface area contributed by atoms with E-state index < -0.39 is 205 Å². The minimum atomic E-state index is -4.93. The first kappa shape index (κ1) is 70.6. The van der Waals surface area contributed by atoms with E-state index in [9.17, 15) is 89.3 Å². The average molecular weight is 1290 g/mol. The van der Waals surface area contributed by atoms with Crippen LogP contribution in [0, 0.1) is 46.3 Å². The van der Waals surface area contributed by atoms with E-state index in [0.29, 0.717) is 25.7 Å². The molecule has 0 bridgehead atoms. The summed E-state index contributed by atoms with van der Waals surface area (Å²) in [6.45, 7) is 16.1. The number of carbonyl (C=O) groups is 1. The number of Topliss-reactive ketones (excluding diaryl/α,β-unsaturated/α-hetero) is 1. The highest BCUT2D eigenvalue weighted by Gasteiger charge is 2.65. The number of fused-ring (bicyclic) bond motifs is 5. The lowest BCUT2D eigenvalue weighted by Crippen LogP contribution is -2.70. The van der Waals surface area contributed by atoms with E-state index in [-0.39, 0.29) is 61.1 Å². The van der Waals surface area contributed by atoms with Gasteiger partial charge in [-0.05, 0) is 120 Å². The van der Waals surface area contributed by atoms with Gasteiger partial charge in [-0.15, -0.1) is 0 Å². The summed E-state index contributed by atoms with van der Waals surface area (Å²) in [5.74, 6) is -4.52. The van der Waals surface area contributed by atoms with Crippen molar-refractivity contribution in [1.29, 1.82) is 0 Å². The molecule has 0 spiro atoms. The van der Waals surface area contributed by atoms with Crippen molar-refractivity contribution in [2.45, 2.75) is 292 Å². The minimum absolute atomic E-state index is 0.0263. The van der Waals surface area contributed by atoms with Crippen LogP contribution in [0.15, 0.2) is 11.6 Å². The molecule has 508 valence electrons. The molecular weight excluding hydrogens is 1190 g/mol. The summed E-state index contributed by atoms with van der Waals surface area (Å²) in [4.78, 5) is 13.6. The van der Waals surface area contributed by atoms with E-state index >= 15 is 0 Å². The van der Waals surface area contributed by atoms with Gasteiger partial charge in [0.1, 0.15) is 103 Å². The van der Waals surface area contributed by atoms with Gasteiger partial charge in [0.15, 0.2) is 31.5 Å². The summed E-state index contributed by atoms with van der Waals surface area (Å²) < 4.78 is 101. The molecule has 30 heteroatoms. The van der Waals surface area contributed by atoms with Crippen molar-refractivity contribution in [1.82, 2.24) is 0 Å². The number of allylic oxidation sites excluding steroid dienone is 2. The lowest BCUT2D eigenvalue weighted by atomic mass is 9.47. The molecule has 0 aromatic carbocycles. The molecule has 4 aliphatic carbocycles. The van der Waals surface area contributed by atoms with Crippen molar-refractivity contribution in [2.24, 2.45) is 46.3 Å². The summed E-state index contributed by atoms with van der Waals surface area (Å²) in [6, 6.07) is 0. The first-order valence-electron chi connectivity index (χ1n) is 30.9. The van der Waals surface area contributed by atoms with Crippen LogP contribution in [0.5, 0.6) is 0 Å². The van der Waals surface area contributed by atoms with Gasteiger partial charge in [-0.1, -0.05) is 46.3 Å². The summed E-state index contributed by atoms with van der Waals surface area (Å²) in [5.41, 5.74) is -1.47. The van der Waals surface area contributed by atoms with Crippen LogP contribution in [0.3, 0.4) is 0 Å². The maximum Gasteiger partial charge on any atom is 0.397 e. The van der Waals surface area contributed by atoms with E-state index in [4.69, 9.17) is 51.6 Å². The largest absolute Gasteiger partial charge is 0.397 e. The monoisotopic (exact) mass is 1290 g/mol. The van der Waals surface area contributed by atoms with E-state index in [0.717, 1.165) is 5.57 Å². The van der Waals surface area contributed by atoms with Crippen LogP contribution in [0.4, 0.5) is 0 Å². The summed E-state index contributed by atoms with van der Waals surface area (Å²) in [7, 11) is -4.93. The van der Waals surface area contributed by atoms with E-state index in [1.54, 1.807) is 6.92 Å². The Morgan fingerprint density at radius 3 is 1.76 bits per heavy atom. The van der Waals surface area contributed by atoms with Gasteiger partial charge in [0.25, 0.3) is 0 Å². The van der Waals surface area contributed by atoms with Crippen LogP contribution in [-0.2, 0) is 66.7 Å². The van der Waals surface area contributed by atoms with Crippen molar-refractivity contribution in [3.8, 4) is 0 Å². The molecule has 0 unspecified atom stereocenters. The first-order valence-corrected chi connectivity index (χ1v) is 32.2.